The lowest BCUT2D eigenvalue weighted by atomic mass is 9.71. The second-order valence-electron chi connectivity index (χ2n) is 19.1. The van der Waals surface area contributed by atoms with Gasteiger partial charge in [0.05, 0.1) is 0 Å². The van der Waals surface area contributed by atoms with Gasteiger partial charge in [-0.15, -0.1) is 0 Å². The van der Waals surface area contributed by atoms with E-state index in [4.69, 9.17) is 0 Å². The molecular weight excluding hydrogens is 771 g/mol. The lowest BCUT2D eigenvalue weighted by molar-refractivity contribution is -0.288. The summed E-state index contributed by atoms with van der Waals surface area (Å²) in [6, 6.07) is 19.0. The largest absolute Gasteiger partial charge is 0.508 e. The number of phenolic OH excluding ortho intramolecular Hbond substituents is 2. The van der Waals surface area contributed by atoms with Crippen molar-refractivity contribution in [2.24, 2.45) is 23.7 Å². The van der Waals surface area contributed by atoms with Crippen LogP contribution in [-0.2, 0) is 36.5 Å². The number of hydrogen-bond donors (Lipinski definition) is 2. The molecule has 0 saturated heterocycles. The summed E-state index contributed by atoms with van der Waals surface area (Å²) in [7, 11) is 0. The minimum absolute atomic E-state index is 0.0752. The van der Waals surface area contributed by atoms with Gasteiger partial charge in [0.2, 0.25) is 5.41 Å². The van der Waals surface area contributed by atoms with E-state index in [2.05, 4.69) is 78.8 Å². The van der Waals surface area contributed by atoms with E-state index < -0.39 is 28.9 Å². The molecule has 0 bridgehead atoms. The van der Waals surface area contributed by atoms with Gasteiger partial charge in [-0.05, 0) is 157 Å². The number of hydrogen-bond acceptors (Lipinski definition) is 2. The Balaban J connectivity index is 0.000000327. The van der Waals surface area contributed by atoms with Crippen molar-refractivity contribution in [3.8, 4) is 11.5 Å². The average Bonchev–Trinajstić information content (AvgIpc) is 3.13. The Labute approximate surface area is 356 Å². The van der Waals surface area contributed by atoms with Crippen LogP contribution in [0, 0.1) is 37.5 Å². The minimum Gasteiger partial charge on any atom is -0.508 e. The van der Waals surface area contributed by atoms with Crippen LogP contribution in [0.25, 0.3) is 0 Å². The first-order valence-electron chi connectivity index (χ1n) is 21.7. The molecule has 0 aromatic heterocycles. The van der Waals surface area contributed by atoms with E-state index in [9.17, 15) is 36.6 Å². The Bertz CT molecular complexity index is 1840. The Morgan fingerprint density at radius 2 is 0.683 bits per heavy atom. The van der Waals surface area contributed by atoms with Crippen molar-refractivity contribution in [3.63, 3.8) is 0 Å². The van der Waals surface area contributed by atoms with E-state index in [-0.39, 0.29) is 35.0 Å². The maximum atomic E-state index is 14.6. The minimum atomic E-state index is -5.65. The van der Waals surface area contributed by atoms with Gasteiger partial charge in [0, 0.05) is 5.41 Å². The van der Waals surface area contributed by atoms with Gasteiger partial charge in [-0.25, -0.2) is 0 Å². The van der Waals surface area contributed by atoms with Gasteiger partial charge in [-0.2, -0.15) is 26.3 Å². The SMILES string of the molecule is Cc1ccc(C(C)(C)c2ccc(O)c(CCC(C)C)c2)cc1CCC(C)C.Cc1ccc(C(c2ccc(O)c(CCC(C)C)c2)(C(F)(F)F)C(F)(F)F)cc1CCC(C)C. The number of aryl methyl sites for hydroxylation is 6. The van der Waals surface area contributed by atoms with Crippen molar-refractivity contribution in [1.29, 1.82) is 0 Å². The molecule has 0 aliphatic heterocycles. The number of alkyl halides is 6. The number of halogens is 6. The second kappa shape index (κ2) is 20.8. The van der Waals surface area contributed by atoms with Gasteiger partial charge < -0.3 is 10.2 Å². The number of benzene rings is 4. The maximum Gasteiger partial charge on any atom is 0.411 e. The molecule has 2 nitrogen and oxygen atoms in total. The predicted molar refractivity (Wildman–Crippen MR) is 236 cm³/mol. The van der Waals surface area contributed by atoms with Crippen LogP contribution in [0.1, 0.15) is 151 Å². The van der Waals surface area contributed by atoms with Crippen molar-refractivity contribution in [3.05, 3.63) is 128 Å². The van der Waals surface area contributed by atoms with Crippen molar-refractivity contribution >= 4 is 0 Å². The molecule has 0 heterocycles. The molecule has 0 amide bonds. The topological polar surface area (TPSA) is 40.5 Å². The normalized spacial score (nSPS) is 12.8. The summed E-state index contributed by atoms with van der Waals surface area (Å²) in [5.74, 6) is 1.91. The fourth-order valence-electron chi connectivity index (χ4n) is 7.62. The van der Waals surface area contributed by atoms with E-state index in [1.165, 1.54) is 34.7 Å². The summed E-state index contributed by atoms with van der Waals surface area (Å²) in [4.78, 5) is 0. The zero-order valence-corrected chi connectivity index (χ0v) is 38.1. The first-order valence-corrected chi connectivity index (χ1v) is 21.7. The number of aromatic hydroxyl groups is 2. The molecule has 332 valence electrons. The summed E-state index contributed by atoms with van der Waals surface area (Å²) in [6.45, 7) is 25.2. The van der Waals surface area contributed by atoms with Gasteiger partial charge in [0.25, 0.3) is 0 Å². The molecule has 0 saturated carbocycles. The highest BCUT2D eigenvalue weighted by Crippen LogP contribution is 2.57. The third kappa shape index (κ3) is 12.6. The summed E-state index contributed by atoms with van der Waals surface area (Å²) in [6.07, 6.45) is -5.17. The molecule has 2 N–H and O–H groups in total. The van der Waals surface area contributed by atoms with Gasteiger partial charge in [0.1, 0.15) is 11.5 Å². The van der Waals surface area contributed by atoms with Crippen LogP contribution >= 0.6 is 0 Å². The molecule has 0 aliphatic rings. The van der Waals surface area contributed by atoms with Gasteiger partial charge >= 0.3 is 12.4 Å². The Morgan fingerprint density at radius 1 is 0.417 bits per heavy atom. The molecule has 8 heteroatoms. The quantitative estimate of drug-likeness (QED) is 0.110. The molecule has 0 unspecified atom stereocenters. The second-order valence-corrected chi connectivity index (χ2v) is 19.1. The molecule has 0 spiro atoms. The molecule has 0 fully saturated rings. The first kappa shape index (κ1) is 50.4. The van der Waals surface area contributed by atoms with Crippen LogP contribution in [-0.4, -0.2) is 22.6 Å². The molecular formula is C52H70F6O2. The number of phenols is 2. The molecule has 0 atom stereocenters. The molecule has 4 aromatic carbocycles. The summed E-state index contributed by atoms with van der Waals surface area (Å²) in [5, 5.41) is 20.4. The highest BCUT2D eigenvalue weighted by atomic mass is 19.4. The lowest BCUT2D eigenvalue weighted by Gasteiger charge is -2.39. The average molecular weight is 841 g/mol. The summed E-state index contributed by atoms with van der Waals surface area (Å²) >= 11 is 0. The van der Waals surface area contributed by atoms with Crippen molar-refractivity contribution in [1.82, 2.24) is 0 Å². The highest BCUT2D eigenvalue weighted by molar-refractivity contribution is 5.50. The molecule has 4 rings (SSSR count). The molecule has 4 aromatic rings. The van der Waals surface area contributed by atoms with Crippen LogP contribution in [0.15, 0.2) is 72.8 Å². The van der Waals surface area contributed by atoms with Crippen molar-refractivity contribution < 1.29 is 36.6 Å². The van der Waals surface area contributed by atoms with E-state index in [0.717, 1.165) is 61.1 Å². The van der Waals surface area contributed by atoms with E-state index in [1.807, 2.05) is 33.8 Å². The lowest BCUT2D eigenvalue weighted by Crippen LogP contribution is -2.54. The van der Waals surface area contributed by atoms with Gasteiger partial charge in [-0.3, -0.25) is 0 Å². The number of rotatable bonds is 16. The molecule has 60 heavy (non-hydrogen) atoms. The van der Waals surface area contributed by atoms with E-state index in [0.29, 0.717) is 42.1 Å². The Hall–Kier alpha value is -3.94. The highest BCUT2D eigenvalue weighted by Gasteiger charge is 2.72. The van der Waals surface area contributed by atoms with E-state index >= 15 is 0 Å². The van der Waals surface area contributed by atoms with E-state index in [1.54, 1.807) is 6.92 Å². The van der Waals surface area contributed by atoms with Gasteiger partial charge in [-0.1, -0.05) is 130 Å². The summed E-state index contributed by atoms with van der Waals surface area (Å²) in [5.41, 5.74) is 1.68. The zero-order chi connectivity index (χ0) is 45.4. The molecule has 0 radical (unpaired) electrons. The third-order valence-corrected chi connectivity index (χ3v) is 12.0. The van der Waals surface area contributed by atoms with Crippen LogP contribution in [0.3, 0.4) is 0 Å². The fraction of sp³-hybridized carbons (Fsp3) is 0.538. The van der Waals surface area contributed by atoms with Crippen LogP contribution in [0.2, 0.25) is 0 Å². The molecule has 0 aliphatic carbocycles. The Kier molecular flexibility index (Phi) is 17.4. The first-order chi connectivity index (χ1) is 27.7. The van der Waals surface area contributed by atoms with Crippen molar-refractivity contribution in [2.75, 3.05) is 0 Å². The fourth-order valence-corrected chi connectivity index (χ4v) is 7.62. The smallest absolute Gasteiger partial charge is 0.411 e. The maximum absolute atomic E-state index is 14.6. The van der Waals surface area contributed by atoms with Crippen LogP contribution < -0.4 is 0 Å². The predicted octanol–water partition coefficient (Wildman–Crippen LogP) is 15.5. The van der Waals surface area contributed by atoms with Gasteiger partial charge in [0.15, 0.2) is 0 Å². The van der Waals surface area contributed by atoms with Crippen LogP contribution in [0.4, 0.5) is 26.3 Å². The van der Waals surface area contributed by atoms with Crippen molar-refractivity contribution in [2.45, 2.75) is 158 Å². The zero-order valence-electron chi connectivity index (χ0n) is 38.1. The third-order valence-electron chi connectivity index (χ3n) is 12.0. The standard InChI is InChI=1S/C26H32F6O.C26H38O/c1-16(2)6-9-19-14-21(11-8-18(19)5)24(25(27,28)29,26(30,31)32)22-12-13-23(33)20(15-22)10-7-17(3)4;1-18(2)8-11-21-16-23(13-10-20(21)5)26(6,7)24-14-15-25(27)22(17-24)12-9-19(3)4/h8,11-17,33H,6-7,9-10H2,1-5H3;10,13-19,27H,8-9,11-12H2,1-7H3. The Morgan fingerprint density at radius 3 is 1.03 bits per heavy atom. The monoisotopic (exact) mass is 841 g/mol. The van der Waals surface area contributed by atoms with Crippen LogP contribution in [0.5, 0.6) is 11.5 Å². The summed E-state index contributed by atoms with van der Waals surface area (Å²) < 4.78 is 87.3.